The lowest BCUT2D eigenvalue weighted by atomic mass is 10.0. The highest BCUT2D eigenvalue weighted by Crippen LogP contribution is 2.43. The molecule has 194 valence electrons. The molecule has 4 N–H and O–H groups in total. The number of carbonyl (C=O) groups is 2. The van der Waals surface area contributed by atoms with Gasteiger partial charge in [-0.3, -0.25) is 19.4 Å². The maximum atomic E-state index is 13.7. The average molecular weight is 538 g/mol. The Labute approximate surface area is 218 Å². The normalized spacial score (nSPS) is 11.3. The van der Waals surface area contributed by atoms with Crippen LogP contribution < -0.4 is 15.8 Å². The topological polar surface area (TPSA) is 141 Å². The summed E-state index contributed by atoms with van der Waals surface area (Å²) < 4.78 is 34.2. The number of H-pyrrole nitrogens is 1. The minimum atomic E-state index is -2.85. The standard InChI is InChI=1S/C25H21F2N7O3S/c1-11-15(10-29-34(11)2)14-8-17(22(26)27)30-25-19(14)20(21(38-25)23(28)35)31-24(36)18-9-16(32-33-18)12-4-6-13(37-3)7-5-12/h4-10,22H,1-3H3,(H2,28,35)(H,31,36)(H,32,33). The Morgan fingerprint density at radius 1 is 1.18 bits per heavy atom. The third kappa shape index (κ3) is 4.36. The minimum absolute atomic E-state index is 0.0232. The number of alkyl halides is 2. The van der Waals surface area contributed by atoms with Crippen LogP contribution in [-0.4, -0.2) is 43.9 Å². The van der Waals surface area contributed by atoms with Crippen molar-refractivity contribution in [3.63, 3.8) is 0 Å². The van der Waals surface area contributed by atoms with Crippen molar-refractivity contribution in [3.05, 3.63) is 64.6 Å². The molecule has 1 aromatic carbocycles. The second-order valence-corrected chi connectivity index (χ2v) is 9.36. The van der Waals surface area contributed by atoms with Crippen molar-refractivity contribution in [2.45, 2.75) is 13.3 Å². The van der Waals surface area contributed by atoms with Crippen LogP contribution >= 0.6 is 11.3 Å². The second kappa shape index (κ2) is 9.67. The smallest absolute Gasteiger partial charge is 0.280 e. The van der Waals surface area contributed by atoms with Crippen molar-refractivity contribution < 1.29 is 23.1 Å². The van der Waals surface area contributed by atoms with Gasteiger partial charge < -0.3 is 15.8 Å². The lowest BCUT2D eigenvalue weighted by molar-refractivity contribution is 0.100. The van der Waals surface area contributed by atoms with Crippen LogP contribution in [0.5, 0.6) is 5.75 Å². The number of aryl methyl sites for hydroxylation is 1. The number of thiophene rings is 1. The molecule has 5 rings (SSSR count). The highest BCUT2D eigenvalue weighted by molar-refractivity contribution is 7.21. The maximum Gasteiger partial charge on any atom is 0.280 e. The van der Waals surface area contributed by atoms with E-state index < -0.39 is 23.9 Å². The van der Waals surface area contributed by atoms with Gasteiger partial charge in [0.1, 0.15) is 26.8 Å². The van der Waals surface area contributed by atoms with Crippen LogP contribution in [-0.2, 0) is 7.05 Å². The first kappa shape index (κ1) is 25.0. The zero-order valence-corrected chi connectivity index (χ0v) is 21.2. The number of nitrogens with two attached hydrogens (primary N) is 1. The van der Waals surface area contributed by atoms with E-state index in [-0.39, 0.29) is 21.1 Å². The van der Waals surface area contributed by atoms with Gasteiger partial charge in [-0.1, -0.05) is 0 Å². The van der Waals surface area contributed by atoms with E-state index in [2.05, 4.69) is 25.6 Å². The molecule has 38 heavy (non-hydrogen) atoms. The summed E-state index contributed by atoms with van der Waals surface area (Å²) in [7, 11) is 3.28. The summed E-state index contributed by atoms with van der Waals surface area (Å²) in [6.45, 7) is 1.78. The summed E-state index contributed by atoms with van der Waals surface area (Å²) in [6.07, 6.45) is -1.32. The third-order valence-electron chi connectivity index (χ3n) is 6.10. The van der Waals surface area contributed by atoms with Gasteiger partial charge in [-0.05, 0) is 48.9 Å². The van der Waals surface area contributed by atoms with E-state index in [1.54, 1.807) is 56.1 Å². The Morgan fingerprint density at radius 2 is 1.92 bits per heavy atom. The van der Waals surface area contributed by atoms with Crippen LogP contribution in [0.4, 0.5) is 14.5 Å². The summed E-state index contributed by atoms with van der Waals surface area (Å²) in [5, 5.41) is 14.1. The van der Waals surface area contributed by atoms with E-state index >= 15 is 0 Å². The van der Waals surface area contributed by atoms with Gasteiger partial charge in [0.2, 0.25) is 0 Å². The largest absolute Gasteiger partial charge is 0.497 e. The molecule has 5 aromatic rings. The van der Waals surface area contributed by atoms with E-state index in [0.717, 1.165) is 16.9 Å². The Morgan fingerprint density at radius 3 is 2.53 bits per heavy atom. The lowest BCUT2D eigenvalue weighted by Gasteiger charge is -2.10. The van der Waals surface area contributed by atoms with E-state index in [0.29, 0.717) is 33.7 Å². The van der Waals surface area contributed by atoms with Gasteiger partial charge in [-0.2, -0.15) is 10.2 Å². The third-order valence-corrected chi connectivity index (χ3v) is 7.20. The Bertz CT molecular complexity index is 1690. The summed E-state index contributed by atoms with van der Waals surface area (Å²) in [5.41, 5.74) is 8.19. The molecule has 2 amide bonds. The van der Waals surface area contributed by atoms with Crippen LogP contribution in [0.2, 0.25) is 0 Å². The fourth-order valence-electron chi connectivity index (χ4n) is 4.03. The molecule has 0 spiro atoms. The summed E-state index contributed by atoms with van der Waals surface area (Å²) in [5.74, 6) is -0.764. The van der Waals surface area contributed by atoms with Crippen LogP contribution in [0.25, 0.3) is 32.6 Å². The number of benzene rings is 1. The highest BCUT2D eigenvalue weighted by Gasteiger charge is 2.26. The molecule has 0 atom stereocenters. The molecule has 0 unspecified atom stereocenters. The highest BCUT2D eigenvalue weighted by atomic mass is 32.1. The fraction of sp³-hybridized carbons (Fsp3) is 0.160. The molecule has 10 nitrogen and oxygen atoms in total. The Hall–Kier alpha value is -4.65. The molecule has 0 saturated carbocycles. The number of nitrogens with zero attached hydrogens (tertiary/aromatic N) is 4. The molecule has 0 fully saturated rings. The van der Waals surface area contributed by atoms with E-state index in [1.807, 2.05) is 0 Å². The van der Waals surface area contributed by atoms with Crippen LogP contribution in [0, 0.1) is 6.92 Å². The first-order valence-corrected chi connectivity index (χ1v) is 12.0. The van der Waals surface area contributed by atoms with Gasteiger partial charge in [0.25, 0.3) is 18.2 Å². The van der Waals surface area contributed by atoms with Crippen molar-refractivity contribution in [2.75, 3.05) is 12.4 Å². The molecular weight excluding hydrogens is 516 g/mol. The number of anilines is 1. The molecule has 4 heterocycles. The number of halogens is 2. The van der Waals surface area contributed by atoms with Gasteiger partial charge >= 0.3 is 0 Å². The summed E-state index contributed by atoms with van der Waals surface area (Å²) in [4.78, 5) is 29.8. The van der Waals surface area contributed by atoms with Gasteiger partial charge in [0.05, 0.1) is 24.7 Å². The predicted molar refractivity (Wildman–Crippen MR) is 139 cm³/mol. The van der Waals surface area contributed by atoms with Gasteiger partial charge in [0.15, 0.2) is 0 Å². The molecule has 0 saturated heterocycles. The maximum absolute atomic E-state index is 13.7. The van der Waals surface area contributed by atoms with Crippen LogP contribution in [0.1, 0.15) is 38.0 Å². The number of hydrogen-bond acceptors (Lipinski definition) is 7. The lowest BCUT2D eigenvalue weighted by Crippen LogP contribution is -2.17. The SMILES string of the molecule is COc1ccc(-c2cc(C(=O)Nc3c(C(N)=O)sc4nc(C(F)F)cc(-c5cnn(C)c5C)c34)[nH]n2)cc1. The predicted octanol–water partition coefficient (Wildman–Crippen LogP) is 4.69. The number of carbonyl (C=O) groups excluding carboxylic acids is 2. The van der Waals surface area contributed by atoms with E-state index in [4.69, 9.17) is 10.5 Å². The number of pyridine rings is 1. The quantitative estimate of drug-likeness (QED) is 0.275. The number of ether oxygens (including phenoxy) is 1. The van der Waals surface area contributed by atoms with Crippen molar-refractivity contribution in [2.24, 2.45) is 12.8 Å². The number of rotatable bonds is 7. The molecule has 0 aliphatic rings. The second-order valence-electron chi connectivity index (χ2n) is 8.36. The minimum Gasteiger partial charge on any atom is -0.497 e. The number of methoxy groups -OCH3 is 1. The molecule has 4 aromatic heterocycles. The number of aromatic amines is 1. The van der Waals surface area contributed by atoms with Crippen LogP contribution in [0.15, 0.2) is 42.6 Å². The first-order chi connectivity index (χ1) is 18.2. The fourth-order valence-corrected chi connectivity index (χ4v) is 5.04. The summed E-state index contributed by atoms with van der Waals surface area (Å²) >= 11 is 0.829. The molecule has 0 aliphatic heterocycles. The number of primary amides is 1. The van der Waals surface area contributed by atoms with Crippen LogP contribution in [0.3, 0.4) is 0 Å². The van der Waals surface area contributed by atoms with Crippen molar-refractivity contribution in [3.8, 4) is 28.1 Å². The van der Waals surface area contributed by atoms with Gasteiger partial charge in [-0.25, -0.2) is 13.8 Å². The molecule has 0 bridgehead atoms. The number of fused-ring (bicyclic) bond motifs is 1. The first-order valence-electron chi connectivity index (χ1n) is 11.2. The monoisotopic (exact) mass is 537 g/mol. The number of amides is 2. The molecule has 0 radical (unpaired) electrons. The van der Waals surface area contributed by atoms with E-state index in [9.17, 15) is 18.4 Å². The van der Waals surface area contributed by atoms with Crippen molar-refractivity contribution in [1.82, 2.24) is 25.0 Å². The number of aromatic nitrogens is 5. The zero-order chi connectivity index (χ0) is 27.1. The van der Waals surface area contributed by atoms with Crippen molar-refractivity contribution in [1.29, 1.82) is 0 Å². The number of nitrogens with one attached hydrogen (secondary N) is 2. The zero-order valence-electron chi connectivity index (χ0n) is 20.4. The molecular formula is C25H21F2N7O3S. The Balaban J connectivity index is 1.60. The van der Waals surface area contributed by atoms with Gasteiger partial charge in [0, 0.05) is 29.3 Å². The molecule has 0 aliphatic carbocycles. The molecule has 13 heteroatoms. The summed E-state index contributed by atoms with van der Waals surface area (Å²) in [6, 6.07) is 9.91. The van der Waals surface area contributed by atoms with Crippen molar-refractivity contribution >= 4 is 39.1 Å². The Kier molecular flexibility index (Phi) is 6.36. The number of hydrogen-bond donors (Lipinski definition) is 3. The van der Waals surface area contributed by atoms with Gasteiger partial charge in [-0.15, -0.1) is 11.3 Å². The average Bonchev–Trinajstić information content (AvgIpc) is 3.62. The van der Waals surface area contributed by atoms with E-state index in [1.165, 1.54) is 12.3 Å².